The minimum absolute atomic E-state index is 0.510. The molecule has 2 nitrogen and oxygen atoms in total. The highest BCUT2D eigenvalue weighted by molar-refractivity contribution is 5.97. The third-order valence-corrected chi connectivity index (χ3v) is 3.97. The Balaban J connectivity index is 1.72. The van der Waals surface area contributed by atoms with Gasteiger partial charge in [0.15, 0.2) is 0 Å². The van der Waals surface area contributed by atoms with Crippen molar-refractivity contribution in [1.82, 2.24) is 0 Å². The average Bonchev–Trinajstić information content (AvgIpc) is 2.60. The molecule has 0 aromatic heterocycles. The number of aryl methyl sites for hydroxylation is 1. The van der Waals surface area contributed by atoms with Crippen molar-refractivity contribution >= 4 is 22.5 Å². The van der Waals surface area contributed by atoms with Crippen molar-refractivity contribution in [2.24, 2.45) is 0 Å². The zero-order chi connectivity index (χ0) is 16.9. The molecule has 0 aliphatic rings. The molecule has 120 valence electrons. The van der Waals surface area contributed by atoms with Gasteiger partial charge < -0.3 is 10.5 Å². The van der Waals surface area contributed by atoms with E-state index in [0.29, 0.717) is 12.4 Å². The first kappa shape index (κ1) is 15.9. The first-order valence-electron chi connectivity index (χ1n) is 7.96. The Hall–Kier alpha value is -3.00. The zero-order valence-corrected chi connectivity index (χ0v) is 13.8. The minimum atomic E-state index is 0.510. The Labute approximate surface area is 142 Å². The third-order valence-electron chi connectivity index (χ3n) is 3.97. The summed E-state index contributed by atoms with van der Waals surface area (Å²) in [6.07, 6.45) is 3.80. The molecule has 2 heteroatoms. The van der Waals surface area contributed by atoms with Gasteiger partial charge in [-0.05, 0) is 35.6 Å². The Morgan fingerprint density at radius 1 is 1.08 bits per heavy atom. The van der Waals surface area contributed by atoms with Crippen LogP contribution in [-0.2, 0) is 11.3 Å². The number of ether oxygens (including phenoxy) is 1. The lowest BCUT2D eigenvalue weighted by Gasteiger charge is -2.08. The van der Waals surface area contributed by atoms with Gasteiger partial charge in [0.05, 0.1) is 0 Å². The molecule has 0 unspecified atom stereocenters. The van der Waals surface area contributed by atoms with Crippen molar-refractivity contribution in [3.8, 4) is 0 Å². The maximum Gasteiger partial charge on any atom is 0.113 e. The maximum atomic E-state index is 6.30. The van der Waals surface area contributed by atoms with Crippen LogP contribution in [0.15, 0.2) is 79.1 Å². The van der Waals surface area contributed by atoms with E-state index < -0.39 is 0 Å². The van der Waals surface area contributed by atoms with Gasteiger partial charge in [0, 0.05) is 11.1 Å². The summed E-state index contributed by atoms with van der Waals surface area (Å²) in [6, 6.07) is 20.4. The molecule has 0 aliphatic carbocycles. The predicted octanol–water partition coefficient (Wildman–Crippen LogP) is 5.47. The fourth-order valence-electron chi connectivity index (χ4n) is 2.62. The van der Waals surface area contributed by atoms with Gasteiger partial charge in [-0.3, -0.25) is 0 Å². The Morgan fingerprint density at radius 3 is 2.67 bits per heavy atom. The van der Waals surface area contributed by atoms with Gasteiger partial charge in [-0.15, -0.1) is 0 Å². The second-order valence-electron chi connectivity index (χ2n) is 5.87. The van der Waals surface area contributed by atoms with Crippen LogP contribution in [-0.4, -0.2) is 0 Å². The van der Waals surface area contributed by atoms with Crippen molar-refractivity contribution in [2.45, 2.75) is 13.5 Å². The molecule has 0 bridgehead atoms. The van der Waals surface area contributed by atoms with Crippen LogP contribution in [0, 0.1) is 6.92 Å². The van der Waals surface area contributed by atoms with E-state index in [2.05, 4.69) is 37.8 Å². The van der Waals surface area contributed by atoms with E-state index in [0.717, 1.165) is 27.6 Å². The molecule has 3 aromatic carbocycles. The molecule has 0 atom stereocenters. The number of fused-ring (bicyclic) bond motifs is 1. The van der Waals surface area contributed by atoms with Crippen LogP contribution < -0.4 is 5.73 Å². The molecule has 0 spiro atoms. The molecule has 0 heterocycles. The van der Waals surface area contributed by atoms with Crippen molar-refractivity contribution in [1.29, 1.82) is 0 Å². The van der Waals surface area contributed by atoms with Gasteiger partial charge >= 0.3 is 0 Å². The highest BCUT2D eigenvalue weighted by Crippen LogP contribution is 2.27. The molecule has 0 fully saturated rings. The van der Waals surface area contributed by atoms with E-state index in [1.54, 1.807) is 0 Å². The van der Waals surface area contributed by atoms with Gasteiger partial charge in [0.25, 0.3) is 0 Å². The number of hydrogen-bond donors (Lipinski definition) is 1. The lowest BCUT2D eigenvalue weighted by Crippen LogP contribution is -1.93. The van der Waals surface area contributed by atoms with Crippen LogP contribution in [0.5, 0.6) is 0 Å². The van der Waals surface area contributed by atoms with Gasteiger partial charge in [0.1, 0.15) is 12.4 Å². The highest BCUT2D eigenvalue weighted by atomic mass is 16.5. The van der Waals surface area contributed by atoms with Crippen molar-refractivity contribution in [2.75, 3.05) is 5.73 Å². The number of benzene rings is 3. The summed E-state index contributed by atoms with van der Waals surface area (Å²) in [6.45, 7) is 6.53. The molecule has 0 saturated heterocycles. The van der Waals surface area contributed by atoms with Crippen LogP contribution in [0.2, 0.25) is 0 Å². The van der Waals surface area contributed by atoms with E-state index >= 15 is 0 Å². The number of allylic oxidation sites excluding steroid dienone is 1. The molecule has 3 rings (SSSR count). The normalized spacial score (nSPS) is 11.0. The third kappa shape index (κ3) is 3.66. The zero-order valence-electron chi connectivity index (χ0n) is 13.8. The van der Waals surface area contributed by atoms with Crippen molar-refractivity contribution in [3.05, 3.63) is 95.8 Å². The lowest BCUT2D eigenvalue weighted by atomic mass is 10.0. The number of hydrogen-bond acceptors (Lipinski definition) is 2. The van der Waals surface area contributed by atoms with E-state index in [-0.39, 0.29) is 0 Å². The first-order valence-corrected chi connectivity index (χ1v) is 7.96. The number of anilines is 1. The second-order valence-corrected chi connectivity index (χ2v) is 5.87. The quantitative estimate of drug-likeness (QED) is 0.385. The van der Waals surface area contributed by atoms with Crippen LogP contribution in [0.25, 0.3) is 16.8 Å². The monoisotopic (exact) mass is 315 g/mol. The SMILES string of the molecule is C=C(/C=C\c1ccc2cc(C)ccc2c1N)OCc1ccccc1. The summed E-state index contributed by atoms with van der Waals surface area (Å²) in [7, 11) is 0. The van der Waals surface area contributed by atoms with E-state index in [1.807, 2.05) is 48.6 Å². The van der Waals surface area contributed by atoms with Gasteiger partial charge in [0.2, 0.25) is 0 Å². The molecule has 0 saturated carbocycles. The lowest BCUT2D eigenvalue weighted by molar-refractivity contribution is 0.213. The number of nitrogens with two attached hydrogens (primary N) is 1. The summed E-state index contributed by atoms with van der Waals surface area (Å²) >= 11 is 0. The second kappa shape index (κ2) is 7.05. The maximum absolute atomic E-state index is 6.30. The molecule has 0 amide bonds. The Bertz CT molecular complexity index is 894. The molecule has 2 N–H and O–H groups in total. The fraction of sp³-hybridized carbons (Fsp3) is 0.0909. The van der Waals surface area contributed by atoms with Crippen molar-refractivity contribution in [3.63, 3.8) is 0 Å². The molecule has 0 aliphatic heterocycles. The number of rotatable bonds is 5. The average molecular weight is 315 g/mol. The molecule has 24 heavy (non-hydrogen) atoms. The first-order chi connectivity index (χ1) is 11.6. The molecular weight excluding hydrogens is 294 g/mol. The Kier molecular flexibility index (Phi) is 4.66. The minimum Gasteiger partial charge on any atom is -0.490 e. The summed E-state index contributed by atoms with van der Waals surface area (Å²) < 4.78 is 5.67. The van der Waals surface area contributed by atoms with E-state index in [4.69, 9.17) is 10.5 Å². The molecule has 0 radical (unpaired) electrons. The summed E-state index contributed by atoms with van der Waals surface area (Å²) in [4.78, 5) is 0. The van der Waals surface area contributed by atoms with Crippen LogP contribution >= 0.6 is 0 Å². The summed E-state index contributed by atoms with van der Waals surface area (Å²) in [5, 5.41) is 2.22. The highest BCUT2D eigenvalue weighted by Gasteiger charge is 2.02. The Morgan fingerprint density at radius 2 is 1.88 bits per heavy atom. The number of nitrogen functional groups attached to an aromatic ring is 1. The predicted molar refractivity (Wildman–Crippen MR) is 103 cm³/mol. The van der Waals surface area contributed by atoms with Gasteiger partial charge in [-0.2, -0.15) is 0 Å². The van der Waals surface area contributed by atoms with E-state index in [9.17, 15) is 0 Å². The van der Waals surface area contributed by atoms with Gasteiger partial charge in [-0.25, -0.2) is 0 Å². The fourth-order valence-corrected chi connectivity index (χ4v) is 2.62. The van der Waals surface area contributed by atoms with Crippen molar-refractivity contribution < 1.29 is 4.74 Å². The van der Waals surface area contributed by atoms with Crippen LogP contribution in [0.1, 0.15) is 16.7 Å². The largest absolute Gasteiger partial charge is 0.490 e. The molecule has 3 aromatic rings. The topological polar surface area (TPSA) is 35.2 Å². The summed E-state index contributed by atoms with van der Waals surface area (Å²) in [5.41, 5.74) is 10.4. The standard InChI is InChI=1S/C22H21NO/c1-16-8-13-21-20(14-16)12-11-19(22(21)23)10-9-17(2)24-15-18-6-4-3-5-7-18/h3-14H,2,15,23H2,1H3/b10-9-. The van der Waals surface area contributed by atoms with Crippen LogP contribution in [0.3, 0.4) is 0 Å². The van der Waals surface area contributed by atoms with E-state index in [1.165, 1.54) is 5.56 Å². The van der Waals surface area contributed by atoms with Crippen LogP contribution in [0.4, 0.5) is 5.69 Å². The molecular formula is C22H21NO. The van der Waals surface area contributed by atoms with Gasteiger partial charge in [-0.1, -0.05) is 72.8 Å². The smallest absolute Gasteiger partial charge is 0.113 e. The summed E-state index contributed by atoms with van der Waals surface area (Å²) in [5.74, 6) is 0.613.